The number of rotatable bonds is 4. The van der Waals surface area contributed by atoms with Gasteiger partial charge in [0.1, 0.15) is 11.9 Å². The molecule has 2 N–H and O–H groups in total. The normalized spacial score (nSPS) is 14.1. The second-order valence-corrected chi connectivity index (χ2v) is 2.98. The van der Waals surface area contributed by atoms with Gasteiger partial charge in [0.25, 0.3) is 0 Å². The van der Waals surface area contributed by atoms with Crippen molar-refractivity contribution in [1.29, 1.82) is 0 Å². The predicted octanol–water partition coefficient (Wildman–Crippen LogP) is 1.53. The van der Waals surface area contributed by atoms with Gasteiger partial charge in [-0.1, -0.05) is 17.2 Å². The highest BCUT2D eigenvalue weighted by Gasteiger charge is 2.17. The summed E-state index contributed by atoms with van der Waals surface area (Å²) in [6.45, 7) is -0.227. The van der Waals surface area contributed by atoms with Crippen molar-refractivity contribution in [2.75, 3.05) is 6.54 Å². The SMILES string of the molecule is [N-]=[N+]=NCC(O)C(O)c1ccc(F)cc1. The van der Waals surface area contributed by atoms with Gasteiger partial charge in [0.2, 0.25) is 0 Å². The van der Waals surface area contributed by atoms with E-state index in [0.717, 1.165) is 0 Å². The zero-order valence-electron chi connectivity index (χ0n) is 7.79. The third kappa shape index (κ3) is 3.21. The summed E-state index contributed by atoms with van der Waals surface area (Å²) >= 11 is 0. The first-order valence-electron chi connectivity index (χ1n) is 4.27. The molecule has 5 nitrogen and oxygen atoms in total. The highest BCUT2D eigenvalue weighted by molar-refractivity contribution is 5.19. The van der Waals surface area contributed by atoms with Crippen LogP contribution in [-0.2, 0) is 0 Å². The highest BCUT2D eigenvalue weighted by atomic mass is 19.1. The molecule has 1 rings (SSSR count). The van der Waals surface area contributed by atoms with Gasteiger partial charge in [0.15, 0.2) is 0 Å². The van der Waals surface area contributed by atoms with E-state index in [1.807, 2.05) is 0 Å². The summed E-state index contributed by atoms with van der Waals surface area (Å²) in [6, 6.07) is 5.08. The van der Waals surface area contributed by atoms with Gasteiger partial charge in [-0.25, -0.2) is 4.39 Å². The molecular formula is C9H10FN3O2. The van der Waals surface area contributed by atoms with E-state index in [-0.39, 0.29) is 6.54 Å². The molecule has 0 fully saturated rings. The van der Waals surface area contributed by atoms with Crippen LogP contribution in [0, 0.1) is 5.82 Å². The van der Waals surface area contributed by atoms with Crippen molar-refractivity contribution in [3.05, 3.63) is 46.1 Å². The number of hydrogen-bond acceptors (Lipinski definition) is 3. The lowest BCUT2D eigenvalue weighted by Gasteiger charge is -2.15. The molecule has 0 bridgehead atoms. The molecule has 0 saturated heterocycles. The van der Waals surface area contributed by atoms with E-state index < -0.39 is 18.0 Å². The molecule has 0 aliphatic carbocycles. The van der Waals surface area contributed by atoms with Crippen LogP contribution >= 0.6 is 0 Å². The first-order valence-corrected chi connectivity index (χ1v) is 4.27. The summed E-state index contributed by atoms with van der Waals surface area (Å²) in [4.78, 5) is 2.46. The van der Waals surface area contributed by atoms with Gasteiger partial charge >= 0.3 is 0 Å². The lowest BCUT2D eigenvalue weighted by Crippen LogP contribution is -2.21. The molecule has 80 valence electrons. The molecular weight excluding hydrogens is 201 g/mol. The van der Waals surface area contributed by atoms with Crippen molar-refractivity contribution in [3.63, 3.8) is 0 Å². The van der Waals surface area contributed by atoms with E-state index in [2.05, 4.69) is 10.0 Å². The van der Waals surface area contributed by atoms with Crippen LogP contribution in [-0.4, -0.2) is 22.9 Å². The van der Waals surface area contributed by atoms with Gasteiger partial charge in [-0.15, -0.1) is 0 Å². The Morgan fingerprint density at radius 1 is 1.33 bits per heavy atom. The second kappa shape index (κ2) is 5.31. The fourth-order valence-corrected chi connectivity index (χ4v) is 1.10. The Balaban J connectivity index is 2.70. The van der Waals surface area contributed by atoms with Crippen molar-refractivity contribution in [2.24, 2.45) is 5.11 Å². The van der Waals surface area contributed by atoms with Crippen molar-refractivity contribution >= 4 is 0 Å². The molecule has 0 spiro atoms. The summed E-state index contributed by atoms with van der Waals surface area (Å²) in [7, 11) is 0. The van der Waals surface area contributed by atoms with E-state index >= 15 is 0 Å². The zero-order valence-corrected chi connectivity index (χ0v) is 7.79. The number of benzene rings is 1. The zero-order chi connectivity index (χ0) is 11.3. The second-order valence-electron chi connectivity index (χ2n) is 2.98. The van der Waals surface area contributed by atoms with Crippen LogP contribution in [0.5, 0.6) is 0 Å². The van der Waals surface area contributed by atoms with Crippen LogP contribution in [0.3, 0.4) is 0 Å². The largest absolute Gasteiger partial charge is 0.390 e. The summed E-state index contributed by atoms with van der Waals surface area (Å²) in [5.74, 6) is -0.421. The van der Waals surface area contributed by atoms with Crippen LogP contribution in [0.2, 0.25) is 0 Å². The third-order valence-electron chi connectivity index (χ3n) is 1.91. The van der Waals surface area contributed by atoms with Crippen molar-refractivity contribution in [2.45, 2.75) is 12.2 Å². The summed E-state index contributed by atoms with van der Waals surface area (Å²) in [5, 5.41) is 22.0. The number of hydrogen-bond donors (Lipinski definition) is 2. The molecule has 1 aromatic carbocycles. The minimum absolute atomic E-state index is 0.227. The maximum absolute atomic E-state index is 12.5. The number of aliphatic hydroxyl groups excluding tert-OH is 2. The Hall–Kier alpha value is -1.62. The molecule has 0 aromatic heterocycles. The molecule has 6 heteroatoms. The number of halogens is 1. The van der Waals surface area contributed by atoms with Crippen molar-refractivity contribution in [1.82, 2.24) is 0 Å². The topological polar surface area (TPSA) is 89.2 Å². The van der Waals surface area contributed by atoms with Gasteiger partial charge in [-0.2, -0.15) is 0 Å². The van der Waals surface area contributed by atoms with Gasteiger partial charge in [0.05, 0.1) is 12.6 Å². The van der Waals surface area contributed by atoms with Crippen LogP contribution in [0.25, 0.3) is 10.4 Å². The van der Waals surface area contributed by atoms with E-state index in [1.54, 1.807) is 0 Å². The maximum Gasteiger partial charge on any atom is 0.123 e. The standard InChI is InChI=1S/C9H10FN3O2/c10-7-3-1-6(2-4-7)9(15)8(14)5-12-13-11/h1-4,8-9,14-15H,5H2. The Bertz CT molecular complexity index is 362. The van der Waals surface area contributed by atoms with Crippen molar-refractivity contribution in [3.8, 4) is 0 Å². The van der Waals surface area contributed by atoms with Gasteiger partial charge in [0, 0.05) is 4.91 Å². The first-order chi connectivity index (χ1) is 7.15. The van der Waals surface area contributed by atoms with E-state index in [0.29, 0.717) is 5.56 Å². The Morgan fingerprint density at radius 3 is 2.47 bits per heavy atom. The predicted molar refractivity (Wildman–Crippen MR) is 51.4 cm³/mol. The molecule has 0 amide bonds. The molecule has 0 radical (unpaired) electrons. The van der Waals surface area contributed by atoms with Gasteiger partial charge in [-0.05, 0) is 23.2 Å². The van der Waals surface area contributed by atoms with Crippen LogP contribution < -0.4 is 0 Å². The van der Waals surface area contributed by atoms with Gasteiger partial charge < -0.3 is 10.2 Å². The Labute approximate surface area is 85.4 Å². The number of aliphatic hydroxyl groups is 2. The first kappa shape index (κ1) is 11.5. The van der Waals surface area contributed by atoms with E-state index in [9.17, 15) is 14.6 Å². The minimum atomic E-state index is -1.19. The van der Waals surface area contributed by atoms with Gasteiger partial charge in [-0.3, -0.25) is 0 Å². The maximum atomic E-state index is 12.5. The van der Waals surface area contributed by atoms with E-state index in [1.165, 1.54) is 24.3 Å². The fourth-order valence-electron chi connectivity index (χ4n) is 1.10. The van der Waals surface area contributed by atoms with Crippen LogP contribution in [0.4, 0.5) is 4.39 Å². The molecule has 0 aliphatic heterocycles. The Kier molecular flexibility index (Phi) is 4.05. The molecule has 15 heavy (non-hydrogen) atoms. The third-order valence-corrected chi connectivity index (χ3v) is 1.91. The average Bonchev–Trinajstić information content (AvgIpc) is 2.26. The molecule has 2 atom stereocenters. The quantitative estimate of drug-likeness (QED) is 0.449. The van der Waals surface area contributed by atoms with Crippen molar-refractivity contribution < 1.29 is 14.6 Å². The lowest BCUT2D eigenvalue weighted by atomic mass is 10.0. The lowest BCUT2D eigenvalue weighted by molar-refractivity contribution is 0.0244. The molecule has 1 aromatic rings. The minimum Gasteiger partial charge on any atom is -0.390 e. The number of nitrogens with zero attached hydrogens (tertiary/aromatic N) is 3. The molecule has 0 aliphatic rings. The monoisotopic (exact) mass is 211 g/mol. The van der Waals surface area contributed by atoms with Crippen LogP contribution in [0.15, 0.2) is 29.4 Å². The molecule has 0 heterocycles. The summed E-state index contributed by atoms with van der Waals surface area (Å²) in [6.07, 6.45) is -2.37. The highest BCUT2D eigenvalue weighted by Crippen LogP contribution is 2.17. The van der Waals surface area contributed by atoms with E-state index in [4.69, 9.17) is 5.53 Å². The molecule has 2 unspecified atom stereocenters. The smallest absolute Gasteiger partial charge is 0.123 e. The Morgan fingerprint density at radius 2 is 1.93 bits per heavy atom. The summed E-state index contributed by atoms with van der Waals surface area (Å²) in [5.41, 5.74) is 8.39. The summed E-state index contributed by atoms with van der Waals surface area (Å²) < 4.78 is 12.5. The van der Waals surface area contributed by atoms with Crippen LogP contribution in [0.1, 0.15) is 11.7 Å². The number of azide groups is 1. The average molecular weight is 211 g/mol. The fraction of sp³-hybridized carbons (Fsp3) is 0.333. The molecule has 0 saturated carbocycles.